The van der Waals surface area contributed by atoms with E-state index in [0.717, 1.165) is 11.1 Å². The third kappa shape index (κ3) is 2.20. The number of aliphatic hydroxyl groups is 1. The number of hydrogen-bond acceptors (Lipinski definition) is 5. The van der Waals surface area contributed by atoms with Crippen LogP contribution >= 0.6 is 0 Å². The minimum atomic E-state index is -1.15. The summed E-state index contributed by atoms with van der Waals surface area (Å²) in [5.74, 6) is -1.56. The molecule has 0 fully saturated rings. The molecule has 1 unspecified atom stereocenters. The molecule has 1 aliphatic carbocycles. The normalized spacial score (nSPS) is 21.2. The molecule has 1 atom stereocenters. The van der Waals surface area contributed by atoms with Crippen molar-refractivity contribution < 1.29 is 14.6 Å². The average Bonchev–Trinajstić information content (AvgIpc) is 2.48. The fraction of sp³-hybridized carbons (Fsp3) is 0.333. The van der Waals surface area contributed by atoms with E-state index in [9.17, 15) is 5.11 Å². The lowest BCUT2D eigenvalue weighted by molar-refractivity contribution is -0.207. The van der Waals surface area contributed by atoms with Crippen molar-refractivity contribution in [2.24, 2.45) is 11.7 Å². The van der Waals surface area contributed by atoms with E-state index >= 15 is 0 Å². The fourth-order valence-corrected chi connectivity index (χ4v) is 2.61. The number of hydrogen-bond donors (Lipinski definition) is 3. The van der Waals surface area contributed by atoms with Crippen LogP contribution < -0.4 is 11.5 Å². The van der Waals surface area contributed by atoms with Crippen LogP contribution in [0, 0.1) is 5.92 Å². The van der Waals surface area contributed by atoms with Gasteiger partial charge in [-0.2, -0.15) is 0 Å². The van der Waals surface area contributed by atoms with Crippen molar-refractivity contribution in [1.82, 2.24) is 0 Å². The monoisotopic (exact) mass is 276 g/mol. The van der Waals surface area contributed by atoms with Crippen LogP contribution in [-0.4, -0.2) is 31.7 Å². The SMILES string of the molecule is COC1(OC)C(N)=CC=C(c2ccc(N)cc2)C1CO. The highest BCUT2D eigenvalue weighted by Crippen LogP contribution is 2.40. The number of aliphatic hydroxyl groups excluding tert-OH is 1. The Morgan fingerprint density at radius 2 is 1.70 bits per heavy atom. The van der Waals surface area contributed by atoms with Crippen LogP contribution in [0.2, 0.25) is 0 Å². The van der Waals surface area contributed by atoms with Gasteiger partial charge in [-0.25, -0.2) is 0 Å². The van der Waals surface area contributed by atoms with E-state index in [2.05, 4.69) is 0 Å². The standard InChI is InChI=1S/C15H20N2O3/c1-19-15(20-2)13(9-18)12(7-8-14(15)17)10-3-5-11(16)6-4-10/h3-8,13,18H,9,16-17H2,1-2H3. The Labute approximate surface area is 118 Å². The van der Waals surface area contributed by atoms with Crippen molar-refractivity contribution in [2.75, 3.05) is 26.6 Å². The first-order valence-corrected chi connectivity index (χ1v) is 6.34. The highest BCUT2D eigenvalue weighted by atomic mass is 16.7. The maximum atomic E-state index is 9.78. The molecule has 108 valence electrons. The second-order valence-corrected chi connectivity index (χ2v) is 4.68. The molecule has 0 spiro atoms. The third-order valence-corrected chi connectivity index (χ3v) is 3.71. The van der Waals surface area contributed by atoms with Crippen molar-refractivity contribution in [2.45, 2.75) is 5.79 Å². The topological polar surface area (TPSA) is 90.7 Å². The van der Waals surface area contributed by atoms with Gasteiger partial charge in [-0.05, 0) is 29.3 Å². The van der Waals surface area contributed by atoms with Crippen LogP contribution in [0.4, 0.5) is 5.69 Å². The van der Waals surface area contributed by atoms with Crippen LogP contribution in [-0.2, 0) is 9.47 Å². The Kier molecular flexibility index (Phi) is 4.13. The number of nitrogens with two attached hydrogens (primary N) is 2. The Balaban J connectivity index is 2.50. The van der Waals surface area contributed by atoms with Crippen molar-refractivity contribution in [1.29, 1.82) is 0 Å². The molecule has 0 radical (unpaired) electrons. The summed E-state index contributed by atoms with van der Waals surface area (Å²) in [5.41, 5.74) is 14.7. The molecule has 0 aliphatic heterocycles. The number of nitrogen functional groups attached to an aromatic ring is 1. The molecule has 1 aliphatic rings. The Morgan fingerprint density at radius 3 is 2.20 bits per heavy atom. The minimum Gasteiger partial charge on any atom is -0.399 e. The molecule has 0 bridgehead atoms. The van der Waals surface area contributed by atoms with Crippen LogP contribution in [0.25, 0.3) is 5.57 Å². The highest BCUT2D eigenvalue weighted by Gasteiger charge is 2.45. The summed E-state index contributed by atoms with van der Waals surface area (Å²) in [6.07, 6.45) is 3.61. The zero-order chi connectivity index (χ0) is 14.8. The summed E-state index contributed by atoms with van der Waals surface area (Å²) >= 11 is 0. The fourth-order valence-electron chi connectivity index (χ4n) is 2.61. The molecule has 0 aromatic heterocycles. The van der Waals surface area contributed by atoms with Gasteiger partial charge in [0.15, 0.2) is 0 Å². The van der Waals surface area contributed by atoms with E-state index in [-0.39, 0.29) is 6.61 Å². The number of ether oxygens (including phenoxy) is 2. The van der Waals surface area contributed by atoms with Gasteiger partial charge >= 0.3 is 0 Å². The van der Waals surface area contributed by atoms with Crippen LogP contribution in [0.1, 0.15) is 5.56 Å². The van der Waals surface area contributed by atoms with E-state index in [1.165, 1.54) is 14.2 Å². The number of rotatable bonds is 4. The summed E-state index contributed by atoms with van der Waals surface area (Å²) in [4.78, 5) is 0. The summed E-state index contributed by atoms with van der Waals surface area (Å²) in [6, 6.07) is 7.42. The molecule has 0 saturated heterocycles. The second-order valence-electron chi connectivity index (χ2n) is 4.68. The van der Waals surface area contributed by atoms with Crippen molar-refractivity contribution in [3.63, 3.8) is 0 Å². The lowest BCUT2D eigenvalue weighted by atomic mass is 9.81. The van der Waals surface area contributed by atoms with E-state index in [1.807, 2.05) is 30.3 Å². The maximum Gasteiger partial charge on any atom is 0.218 e. The van der Waals surface area contributed by atoms with Gasteiger partial charge in [0.25, 0.3) is 0 Å². The molecular formula is C15H20N2O3. The van der Waals surface area contributed by atoms with Gasteiger partial charge < -0.3 is 26.0 Å². The summed E-state index contributed by atoms with van der Waals surface area (Å²) in [7, 11) is 3.03. The zero-order valence-corrected chi connectivity index (χ0v) is 11.7. The molecule has 5 heteroatoms. The summed E-state index contributed by atoms with van der Waals surface area (Å²) in [5, 5.41) is 9.78. The molecule has 5 N–H and O–H groups in total. The van der Waals surface area contributed by atoms with Crippen molar-refractivity contribution in [3.05, 3.63) is 47.7 Å². The van der Waals surface area contributed by atoms with Gasteiger partial charge in [0.05, 0.1) is 18.2 Å². The van der Waals surface area contributed by atoms with Gasteiger partial charge in [0, 0.05) is 19.9 Å². The second kappa shape index (κ2) is 5.66. The molecular weight excluding hydrogens is 256 g/mol. The number of allylic oxidation sites excluding steroid dienone is 2. The lowest BCUT2D eigenvalue weighted by Gasteiger charge is -2.41. The van der Waals surface area contributed by atoms with E-state index < -0.39 is 11.7 Å². The molecule has 1 aromatic rings. The molecule has 20 heavy (non-hydrogen) atoms. The summed E-state index contributed by atoms with van der Waals surface area (Å²) < 4.78 is 11.0. The molecule has 0 saturated carbocycles. The van der Waals surface area contributed by atoms with Gasteiger partial charge in [-0.3, -0.25) is 0 Å². The predicted octanol–water partition coefficient (Wildman–Crippen LogP) is 1.11. The third-order valence-electron chi connectivity index (χ3n) is 3.71. The first kappa shape index (κ1) is 14.6. The average molecular weight is 276 g/mol. The highest BCUT2D eigenvalue weighted by molar-refractivity contribution is 5.73. The van der Waals surface area contributed by atoms with Crippen LogP contribution in [0.3, 0.4) is 0 Å². The predicted molar refractivity (Wildman–Crippen MR) is 78.4 cm³/mol. The molecule has 1 aromatic carbocycles. The Bertz CT molecular complexity index is 531. The smallest absolute Gasteiger partial charge is 0.218 e. The Hall–Kier alpha value is -1.82. The first-order valence-electron chi connectivity index (χ1n) is 6.34. The van der Waals surface area contributed by atoms with Gasteiger partial charge in [-0.1, -0.05) is 18.2 Å². The maximum absolute atomic E-state index is 9.78. The molecule has 2 rings (SSSR count). The molecule has 0 heterocycles. The first-order chi connectivity index (χ1) is 9.58. The Morgan fingerprint density at radius 1 is 1.10 bits per heavy atom. The van der Waals surface area contributed by atoms with Crippen LogP contribution in [0.15, 0.2) is 42.1 Å². The van der Waals surface area contributed by atoms with Gasteiger partial charge in [0.2, 0.25) is 5.79 Å². The zero-order valence-electron chi connectivity index (χ0n) is 11.7. The summed E-state index contributed by atoms with van der Waals surface area (Å²) in [6.45, 7) is -0.146. The van der Waals surface area contributed by atoms with Gasteiger partial charge in [0.1, 0.15) is 0 Å². The van der Waals surface area contributed by atoms with Crippen molar-refractivity contribution >= 4 is 11.3 Å². The quantitative estimate of drug-likeness (QED) is 0.566. The van der Waals surface area contributed by atoms with E-state index in [4.69, 9.17) is 20.9 Å². The van der Waals surface area contributed by atoms with E-state index in [1.54, 1.807) is 6.08 Å². The lowest BCUT2D eigenvalue weighted by Crippen LogP contribution is -2.49. The number of benzene rings is 1. The van der Waals surface area contributed by atoms with E-state index in [0.29, 0.717) is 11.4 Å². The van der Waals surface area contributed by atoms with Gasteiger partial charge in [-0.15, -0.1) is 0 Å². The molecule has 0 amide bonds. The number of anilines is 1. The number of methoxy groups -OCH3 is 2. The largest absolute Gasteiger partial charge is 0.399 e. The minimum absolute atomic E-state index is 0.146. The van der Waals surface area contributed by atoms with Crippen molar-refractivity contribution in [3.8, 4) is 0 Å². The molecule has 5 nitrogen and oxygen atoms in total. The van der Waals surface area contributed by atoms with Crippen LogP contribution in [0.5, 0.6) is 0 Å².